The van der Waals surface area contributed by atoms with Crippen molar-refractivity contribution < 1.29 is 0 Å². The molecule has 1 rings (SSSR count). The first-order valence-corrected chi connectivity index (χ1v) is 2.93. The van der Waals surface area contributed by atoms with Gasteiger partial charge < -0.3 is 0 Å². The van der Waals surface area contributed by atoms with E-state index in [1.165, 1.54) is 12.8 Å². The fraction of sp³-hybridized carbons (Fsp3) is 0.833. The molecule has 0 unspecified atom stereocenters. The molecular weight excluding hydrogens is 86.1 g/mol. The minimum Gasteiger partial charge on any atom is -0.297 e. The largest absolute Gasteiger partial charge is 0.297 e. The summed E-state index contributed by atoms with van der Waals surface area (Å²) in [7, 11) is 0. The second-order valence-electron chi connectivity index (χ2n) is 2.01. The van der Waals surface area contributed by atoms with Gasteiger partial charge in [0.05, 0.1) is 0 Å². The number of rotatable bonds is 1. The molecule has 0 amide bonds. The van der Waals surface area contributed by atoms with Crippen LogP contribution in [0.2, 0.25) is 0 Å². The summed E-state index contributed by atoms with van der Waals surface area (Å²) in [5.74, 6) is 0.806. The lowest BCUT2D eigenvalue weighted by molar-refractivity contribution is 0.663. The third-order valence-electron chi connectivity index (χ3n) is 1.47. The van der Waals surface area contributed by atoms with Gasteiger partial charge in [0.1, 0.15) is 0 Å². The predicted octanol–water partition coefficient (Wildman–Crippen LogP) is 1.49. The van der Waals surface area contributed by atoms with Gasteiger partial charge in [0.2, 0.25) is 0 Å². The Kier molecular flexibility index (Phi) is 1.45. The maximum absolute atomic E-state index is 4.11. The quantitative estimate of drug-likeness (QED) is 0.470. The van der Waals surface area contributed by atoms with Gasteiger partial charge in [0, 0.05) is 12.8 Å². The van der Waals surface area contributed by atoms with Crippen LogP contribution < -0.4 is 0 Å². The molecule has 1 nitrogen and oxygen atoms in total. The first-order valence-electron chi connectivity index (χ1n) is 2.93. The lowest BCUT2D eigenvalue weighted by Gasteiger charge is -1.95. The Labute approximate surface area is 44.5 Å². The van der Waals surface area contributed by atoms with Crippen LogP contribution in [0.15, 0.2) is 4.99 Å². The van der Waals surface area contributed by atoms with Crippen molar-refractivity contribution in [2.24, 2.45) is 10.9 Å². The second kappa shape index (κ2) is 2.10. The van der Waals surface area contributed by atoms with Crippen LogP contribution in [0, 0.1) is 5.92 Å². The van der Waals surface area contributed by atoms with Crippen molar-refractivity contribution >= 4 is 6.21 Å². The Morgan fingerprint density at radius 2 is 2.71 bits per heavy atom. The average molecular weight is 97.2 g/mol. The molecular formula is C6H11N. The Balaban J connectivity index is 2.28. The van der Waals surface area contributed by atoms with E-state index in [4.69, 9.17) is 0 Å². The SMILES string of the molecule is CC[C@@H]1C=NCC1. The van der Waals surface area contributed by atoms with Crippen LogP contribution in [-0.4, -0.2) is 12.8 Å². The van der Waals surface area contributed by atoms with Crippen LogP contribution in [-0.2, 0) is 0 Å². The van der Waals surface area contributed by atoms with Gasteiger partial charge in [-0.05, 0) is 18.8 Å². The highest BCUT2D eigenvalue weighted by Crippen LogP contribution is 2.09. The molecule has 0 aromatic heterocycles. The molecule has 0 radical (unpaired) electrons. The van der Waals surface area contributed by atoms with Crippen LogP contribution in [0.4, 0.5) is 0 Å². The molecule has 0 N–H and O–H groups in total. The van der Waals surface area contributed by atoms with E-state index in [2.05, 4.69) is 18.1 Å². The van der Waals surface area contributed by atoms with E-state index in [-0.39, 0.29) is 0 Å². The number of aliphatic imine (C=N–C) groups is 1. The van der Waals surface area contributed by atoms with Crippen LogP contribution in [0.5, 0.6) is 0 Å². The van der Waals surface area contributed by atoms with Gasteiger partial charge in [0.15, 0.2) is 0 Å². The molecule has 1 aliphatic heterocycles. The van der Waals surface area contributed by atoms with Crippen molar-refractivity contribution in [3.05, 3.63) is 0 Å². The van der Waals surface area contributed by atoms with Crippen molar-refractivity contribution in [1.29, 1.82) is 0 Å². The molecule has 7 heavy (non-hydrogen) atoms. The fourth-order valence-corrected chi connectivity index (χ4v) is 0.848. The maximum Gasteiger partial charge on any atom is 0.0391 e. The van der Waals surface area contributed by atoms with Gasteiger partial charge in [-0.3, -0.25) is 4.99 Å². The smallest absolute Gasteiger partial charge is 0.0391 e. The summed E-state index contributed by atoms with van der Waals surface area (Å²) >= 11 is 0. The summed E-state index contributed by atoms with van der Waals surface area (Å²) in [4.78, 5) is 4.11. The summed E-state index contributed by atoms with van der Waals surface area (Å²) < 4.78 is 0. The molecule has 0 saturated heterocycles. The van der Waals surface area contributed by atoms with Gasteiger partial charge in [-0.1, -0.05) is 6.92 Å². The standard InChI is InChI=1S/C6H11N/c1-2-6-3-4-7-5-6/h5-6H,2-4H2,1H3/t6-/m0/s1. The van der Waals surface area contributed by atoms with Crippen molar-refractivity contribution in [3.63, 3.8) is 0 Å². The van der Waals surface area contributed by atoms with Gasteiger partial charge in [0.25, 0.3) is 0 Å². The van der Waals surface area contributed by atoms with E-state index in [9.17, 15) is 0 Å². The van der Waals surface area contributed by atoms with Crippen LogP contribution in [0.3, 0.4) is 0 Å². The minimum atomic E-state index is 0.806. The first kappa shape index (κ1) is 4.82. The topological polar surface area (TPSA) is 12.4 Å². The predicted molar refractivity (Wildman–Crippen MR) is 31.8 cm³/mol. The van der Waals surface area contributed by atoms with Crippen LogP contribution >= 0.6 is 0 Å². The second-order valence-corrected chi connectivity index (χ2v) is 2.01. The molecule has 1 atom stereocenters. The molecule has 0 spiro atoms. The molecule has 0 aromatic rings. The van der Waals surface area contributed by atoms with Crippen molar-refractivity contribution in [2.75, 3.05) is 6.54 Å². The maximum atomic E-state index is 4.11. The molecule has 1 heterocycles. The molecule has 0 fully saturated rings. The van der Waals surface area contributed by atoms with E-state index in [1.807, 2.05) is 0 Å². The van der Waals surface area contributed by atoms with E-state index >= 15 is 0 Å². The zero-order valence-corrected chi connectivity index (χ0v) is 4.72. The zero-order chi connectivity index (χ0) is 5.11. The Morgan fingerprint density at radius 1 is 1.86 bits per heavy atom. The van der Waals surface area contributed by atoms with E-state index in [1.54, 1.807) is 0 Å². The van der Waals surface area contributed by atoms with Crippen molar-refractivity contribution in [1.82, 2.24) is 0 Å². The van der Waals surface area contributed by atoms with Gasteiger partial charge in [-0.25, -0.2) is 0 Å². The Bertz CT molecular complexity index is 76.2. The molecule has 40 valence electrons. The summed E-state index contributed by atoms with van der Waals surface area (Å²) in [6, 6.07) is 0. The minimum absolute atomic E-state index is 0.806. The lowest BCUT2D eigenvalue weighted by atomic mass is 10.1. The van der Waals surface area contributed by atoms with Gasteiger partial charge >= 0.3 is 0 Å². The number of hydrogen-bond donors (Lipinski definition) is 0. The average Bonchev–Trinajstić information content (AvgIpc) is 2.14. The molecule has 0 aliphatic carbocycles. The zero-order valence-electron chi connectivity index (χ0n) is 4.72. The highest BCUT2D eigenvalue weighted by Gasteiger charge is 2.05. The van der Waals surface area contributed by atoms with Gasteiger partial charge in [-0.2, -0.15) is 0 Å². The summed E-state index contributed by atoms with van der Waals surface area (Å²) in [5, 5.41) is 0. The van der Waals surface area contributed by atoms with E-state index in [0.717, 1.165) is 12.5 Å². The Hall–Kier alpha value is -0.330. The van der Waals surface area contributed by atoms with Crippen molar-refractivity contribution in [2.45, 2.75) is 19.8 Å². The van der Waals surface area contributed by atoms with Crippen LogP contribution in [0.25, 0.3) is 0 Å². The molecule has 0 saturated carbocycles. The normalized spacial score (nSPS) is 29.0. The summed E-state index contributed by atoms with van der Waals surface area (Å²) in [6.07, 6.45) is 4.64. The number of nitrogens with zero attached hydrogens (tertiary/aromatic N) is 1. The molecule has 1 aliphatic rings. The lowest BCUT2D eigenvalue weighted by Crippen LogP contribution is -1.92. The fourth-order valence-electron chi connectivity index (χ4n) is 0.848. The summed E-state index contributed by atoms with van der Waals surface area (Å²) in [6.45, 7) is 3.28. The molecule has 1 heteroatoms. The van der Waals surface area contributed by atoms with Crippen LogP contribution in [0.1, 0.15) is 19.8 Å². The molecule has 0 bridgehead atoms. The highest BCUT2D eigenvalue weighted by atomic mass is 14.7. The Morgan fingerprint density at radius 3 is 3.00 bits per heavy atom. The number of hydrogen-bond acceptors (Lipinski definition) is 1. The monoisotopic (exact) mass is 97.1 g/mol. The third-order valence-corrected chi connectivity index (χ3v) is 1.47. The van der Waals surface area contributed by atoms with E-state index < -0.39 is 0 Å². The van der Waals surface area contributed by atoms with Crippen molar-refractivity contribution in [3.8, 4) is 0 Å². The van der Waals surface area contributed by atoms with Gasteiger partial charge in [-0.15, -0.1) is 0 Å². The molecule has 0 aromatic carbocycles. The summed E-state index contributed by atoms with van der Waals surface area (Å²) in [5.41, 5.74) is 0. The van der Waals surface area contributed by atoms with E-state index in [0.29, 0.717) is 0 Å². The highest BCUT2D eigenvalue weighted by molar-refractivity contribution is 5.62. The first-order chi connectivity index (χ1) is 3.43. The third kappa shape index (κ3) is 1.02.